The Kier molecular flexibility index (Phi) is 6.63. The molecule has 32 heavy (non-hydrogen) atoms. The summed E-state index contributed by atoms with van der Waals surface area (Å²) in [5.41, 5.74) is 0. The fourth-order valence-corrected chi connectivity index (χ4v) is 6.12. The van der Waals surface area contributed by atoms with Gasteiger partial charge in [-0.3, -0.25) is 4.79 Å². The van der Waals surface area contributed by atoms with Crippen LogP contribution in [0.1, 0.15) is 11.8 Å². The van der Waals surface area contributed by atoms with Crippen LogP contribution in [-0.4, -0.2) is 59.8 Å². The highest BCUT2D eigenvalue weighted by atomic mass is 32.2. The van der Waals surface area contributed by atoms with Gasteiger partial charge in [0.05, 0.1) is 6.54 Å². The summed E-state index contributed by atoms with van der Waals surface area (Å²) in [7, 11) is -3.58. The van der Waals surface area contributed by atoms with Crippen molar-refractivity contribution in [3.63, 3.8) is 0 Å². The third-order valence-corrected chi connectivity index (χ3v) is 8.33. The first-order chi connectivity index (χ1) is 15.4. The van der Waals surface area contributed by atoms with Crippen LogP contribution >= 0.6 is 11.3 Å². The lowest BCUT2D eigenvalue weighted by Gasteiger charge is -2.34. The SMILES string of the molecule is CC(=O)NCc1ccc(S(=O)(=O)N2CCN(c3cc(Nc4ccccn4)ncn3)CC2)s1. The molecule has 0 aromatic carbocycles. The number of amides is 1. The smallest absolute Gasteiger partial charge is 0.252 e. The zero-order valence-electron chi connectivity index (χ0n) is 17.4. The van der Waals surface area contributed by atoms with Gasteiger partial charge < -0.3 is 15.5 Å². The number of carbonyl (C=O) groups excluding carboxylic acids is 1. The van der Waals surface area contributed by atoms with Crippen molar-refractivity contribution < 1.29 is 13.2 Å². The Hall–Kier alpha value is -3.09. The van der Waals surface area contributed by atoms with E-state index in [4.69, 9.17) is 0 Å². The number of thiophene rings is 1. The van der Waals surface area contributed by atoms with Gasteiger partial charge >= 0.3 is 0 Å². The summed E-state index contributed by atoms with van der Waals surface area (Å²) in [6.07, 6.45) is 3.17. The van der Waals surface area contributed by atoms with Crippen molar-refractivity contribution in [2.24, 2.45) is 0 Å². The van der Waals surface area contributed by atoms with E-state index in [1.807, 2.05) is 29.2 Å². The molecule has 0 aliphatic carbocycles. The van der Waals surface area contributed by atoms with Gasteiger partial charge in [0, 0.05) is 50.2 Å². The van der Waals surface area contributed by atoms with Gasteiger partial charge in [0.25, 0.3) is 10.0 Å². The minimum Gasteiger partial charge on any atom is -0.354 e. The number of carbonyl (C=O) groups is 1. The molecule has 1 amide bonds. The quantitative estimate of drug-likeness (QED) is 0.533. The molecule has 3 aromatic heterocycles. The van der Waals surface area contributed by atoms with Gasteiger partial charge in [0.1, 0.15) is 28.0 Å². The van der Waals surface area contributed by atoms with Crippen molar-refractivity contribution in [2.45, 2.75) is 17.7 Å². The molecule has 1 aliphatic heterocycles. The molecule has 0 bridgehead atoms. The number of hydrogen-bond donors (Lipinski definition) is 2. The van der Waals surface area contributed by atoms with Gasteiger partial charge in [-0.2, -0.15) is 4.31 Å². The maximum atomic E-state index is 13.0. The zero-order chi connectivity index (χ0) is 22.6. The first kappa shape index (κ1) is 22.1. The topological polar surface area (TPSA) is 120 Å². The number of aromatic nitrogens is 3. The highest BCUT2D eigenvalue weighted by Gasteiger charge is 2.30. The van der Waals surface area contributed by atoms with Crippen LogP contribution in [0.5, 0.6) is 0 Å². The van der Waals surface area contributed by atoms with Crippen LogP contribution in [0.2, 0.25) is 0 Å². The normalized spacial score (nSPS) is 14.8. The summed E-state index contributed by atoms with van der Waals surface area (Å²) in [5.74, 6) is 1.88. The molecule has 10 nitrogen and oxygen atoms in total. The summed E-state index contributed by atoms with van der Waals surface area (Å²) in [6.45, 7) is 3.50. The lowest BCUT2D eigenvalue weighted by molar-refractivity contribution is -0.119. The number of piperazine rings is 1. The number of anilines is 3. The average Bonchev–Trinajstić information content (AvgIpc) is 3.29. The number of rotatable bonds is 7. The Morgan fingerprint density at radius 2 is 1.88 bits per heavy atom. The second-order valence-electron chi connectivity index (χ2n) is 7.12. The molecular formula is C20H23N7O3S2. The maximum Gasteiger partial charge on any atom is 0.252 e. The molecule has 168 valence electrons. The largest absolute Gasteiger partial charge is 0.354 e. The van der Waals surface area contributed by atoms with Gasteiger partial charge in [0.15, 0.2) is 0 Å². The lowest BCUT2D eigenvalue weighted by atomic mass is 10.3. The van der Waals surface area contributed by atoms with E-state index in [0.717, 1.165) is 10.7 Å². The summed E-state index contributed by atoms with van der Waals surface area (Å²) in [4.78, 5) is 26.7. The van der Waals surface area contributed by atoms with Crippen LogP contribution in [0.4, 0.5) is 17.5 Å². The highest BCUT2D eigenvalue weighted by Crippen LogP contribution is 2.27. The number of sulfonamides is 1. The van der Waals surface area contributed by atoms with E-state index in [1.165, 1.54) is 28.9 Å². The van der Waals surface area contributed by atoms with Crippen LogP contribution in [-0.2, 0) is 21.4 Å². The summed E-state index contributed by atoms with van der Waals surface area (Å²) < 4.78 is 27.8. The number of nitrogens with one attached hydrogen (secondary N) is 2. The van der Waals surface area contributed by atoms with Crippen molar-refractivity contribution in [3.05, 3.63) is 53.8 Å². The zero-order valence-corrected chi connectivity index (χ0v) is 19.1. The van der Waals surface area contributed by atoms with Gasteiger partial charge in [-0.05, 0) is 24.3 Å². The van der Waals surface area contributed by atoms with E-state index in [1.54, 1.807) is 18.3 Å². The Labute approximate surface area is 190 Å². The second-order valence-corrected chi connectivity index (χ2v) is 10.5. The summed E-state index contributed by atoms with van der Waals surface area (Å²) in [6, 6.07) is 10.7. The van der Waals surface area contributed by atoms with Crippen molar-refractivity contribution in [3.8, 4) is 0 Å². The second kappa shape index (κ2) is 9.59. The average molecular weight is 474 g/mol. The number of nitrogens with zero attached hydrogens (tertiary/aromatic N) is 5. The fraction of sp³-hybridized carbons (Fsp3) is 0.300. The Morgan fingerprint density at radius 3 is 2.59 bits per heavy atom. The predicted octanol–water partition coefficient (Wildman–Crippen LogP) is 1.82. The van der Waals surface area contributed by atoms with E-state index >= 15 is 0 Å². The van der Waals surface area contributed by atoms with Crippen molar-refractivity contribution in [1.82, 2.24) is 24.6 Å². The molecule has 3 aromatic rings. The van der Waals surface area contributed by atoms with E-state index < -0.39 is 10.0 Å². The minimum atomic E-state index is -3.58. The minimum absolute atomic E-state index is 0.151. The molecule has 0 spiro atoms. The van der Waals surface area contributed by atoms with E-state index in [0.29, 0.717) is 44.4 Å². The van der Waals surface area contributed by atoms with Crippen LogP contribution < -0.4 is 15.5 Å². The van der Waals surface area contributed by atoms with Crippen molar-refractivity contribution >= 4 is 44.7 Å². The van der Waals surface area contributed by atoms with Gasteiger partial charge in [-0.25, -0.2) is 23.4 Å². The highest BCUT2D eigenvalue weighted by molar-refractivity contribution is 7.91. The summed E-state index contributed by atoms with van der Waals surface area (Å²) >= 11 is 1.18. The van der Waals surface area contributed by atoms with Crippen LogP contribution in [0.3, 0.4) is 0 Å². The van der Waals surface area contributed by atoms with Crippen molar-refractivity contribution in [2.75, 3.05) is 36.4 Å². The first-order valence-electron chi connectivity index (χ1n) is 10.0. The standard InChI is InChI=1S/C20H23N7O3S2/c1-15(28)22-13-16-5-6-20(31-16)32(29,30)27-10-8-26(9-11-27)19-12-18(23-14-24-19)25-17-4-2-3-7-21-17/h2-7,12,14H,8-11,13H2,1H3,(H,22,28)(H,21,23,24,25). The van der Waals surface area contributed by atoms with Gasteiger partial charge in [-0.1, -0.05) is 6.07 Å². The number of hydrogen-bond acceptors (Lipinski definition) is 9. The first-order valence-corrected chi connectivity index (χ1v) is 12.3. The third kappa shape index (κ3) is 5.21. The molecule has 1 aliphatic rings. The Balaban J connectivity index is 1.38. The number of pyridine rings is 1. The molecule has 4 rings (SSSR count). The lowest BCUT2D eigenvalue weighted by Crippen LogP contribution is -2.48. The molecule has 0 saturated carbocycles. The van der Waals surface area contributed by atoms with Gasteiger partial charge in [-0.15, -0.1) is 11.3 Å². The molecule has 0 unspecified atom stereocenters. The fourth-order valence-electron chi connectivity index (χ4n) is 3.24. The van der Waals surface area contributed by atoms with E-state index in [9.17, 15) is 13.2 Å². The van der Waals surface area contributed by atoms with Crippen LogP contribution in [0.15, 0.2) is 53.1 Å². The predicted molar refractivity (Wildman–Crippen MR) is 122 cm³/mol. The molecule has 0 atom stereocenters. The Morgan fingerprint density at radius 1 is 1.06 bits per heavy atom. The van der Waals surface area contributed by atoms with Crippen LogP contribution in [0, 0.1) is 0 Å². The molecule has 0 radical (unpaired) electrons. The van der Waals surface area contributed by atoms with Gasteiger partial charge in [0.2, 0.25) is 5.91 Å². The monoisotopic (exact) mass is 473 g/mol. The molecular weight excluding hydrogens is 450 g/mol. The molecule has 1 saturated heterocycles. The van der Waals surface area contributed by atoms with Crippen molar-refractivity contribution in [1.29, 1.82) is 0 Å². The Bertz CT molecular complexity index is 1180. The van der Waals surface area contributed by atoms with Crippen LogP contribution in [0.25, 0.3) is 0 Å². The summed E-state index contributed by atoms with van der Waals surface area (Å²) in [5, 5.41) is 5.82. The molecule has 12 heteroatoms. The van der Waals surface area contributed by atoms with E-state index in [2.05, 4.69) is 25.6 Å². The maximum absolute atomic E-state index is 13.0. The molecule has 1 fully saturated rings. The third-order valence-electron chi connectivity index (χ3n) is 4.88. The van der Waals surface area contributed by atoms with E-state index in [-0.39, 0.29) is 10.1 Å². The molecule has 2 N–H and O–H groups in total. The molecule has 4 heterocycles.